The van der Waals surface area contributed by atoms with Crippen LogP contribution < -0.4 is 0 Å². The molecule has 2 bridgehead atoms. The number of amides is 1. The predicted octanol–water partition coefficient (Wildman–Crippen LogP) is 1.99. The van der Waals surface area contributed by atoms with Crippen LogP contribution in [0.4, 0.5) is 4.79 Å². The molecule has 0 N–H and O–H groups in total. The molecule has 3 aliphatic rings. The number of carbonyl (C=O) groups is 1. The molecule has 6 heteroatoms. The van der Waals surface area contributed by atoms with Crippen molar-refractivity contribution in [3.63, 3.8) is 0 Å². The van der Waals surface area contributed by atoms with Crippen molar-refractivity contribution in [1.29, 1.82) is 0 Å². The summed E-state index contributed by atoms with van der Waals surface area (Å²) in [7, 11) is 0. The molecular formula is C13H20N4O2. The largest absolute Gasteiger partial charge is 0.444 e. The van der Waals surface area contributed by atoms with Gasteiger partial charge < -0.3 is 9.64 Å². The molecule has 1 saturated carbocycles. The molecule has 1 aromatic rings. The van der Waals surface area contributed by atoms with Gasteiger partial charge in [-0.05, 0) is 40.0 Å². The molecule has 0 radical (unpaired) electrons. The molecule has 104 valence electrons. The maximum Gasteiger partial charge on any atom is 0.410 e. The van der Waals surface area contributed by atoms with Crippen LogP contribution in [-0.4, -0.2) is 43.4 Å². The fraction of sp³-hybridized carbons (Fsp3) is 0.769. The van der Waals surface area contributed by atoms with E-state index in [1.807, 2.05) is 30.4 Å². The molecule has 6 nitrogen and oxygen atoms in total. The lowest BCUT2D eigenvalue weighted by molar-refractivity contribution is -0.0644. The first-order valence-corrected chi connectivity index (χ1v) is 6.79. The minimum absolute atomic E-state index is 0.175. The Balaban J connectivity index is 1.63. The molecule has 0 aromatic carbocycles. The molecule has 3 fully saturated rings. The van der Waals surface area contributed by atoms with Gasteiger partial charge in [0.25, 0.3) is 0 Å². The van der Waals surface area contributed by atoms with E-state index >= 15 is 0 Å². The van der Waals surface area contributed by atoms with Crippen molar-refractivity contribution >= 4 is 6.09 Å². The number of nitrogens with zero attached hydrogens (tertiary/aromatic N) is 4. The van der Waals surface area contributed by atoms with Crippen LogP contribution in [0.3, 0.4) is 0 Å². The van der Waals surface area contributed by atoms with Gasteiger partial charge in [-0.25, -0.2) is 14.5 Å². The number of rotatable bonds is 1. The highest BCUT2D eigenvalue weighted by Crippen LogP contribution is 2.43. The van der Waals surface area contributed by atoms with E-state index in [2.05, 4.69) is 10.1 Å². The fourth-order valence-electron chi connectivity index (χ4n) is 3.08. The molecule has 3 heterocycles. The Hall–Kier alpha value is -1.59. The van der Waals surface area contributed by atoms with E-state index < -0.39 is 5.60 Å². The van der Waals surface area contributed by atoms with Gasteiger partial charge in [0, 0.05) is 12.1 Å². The van der Waals surface area contributed by atoms with E-state index in [-0.39, 0.29) is 6.09 Å². The summed E-state index contributed by atoms with van der Waals surface area (Å²) >= 11 is 0. The second-order valence-corrected chi connectivity index (χ2v) is 6.43. The van der Waals surface area contributed by atoms with Gasteiger partial charge in [-0.3, -0.25) is 0 Å². The first-order valence-electron chi connectivity index (χ1n) is 6.79. The smallest absolute Gasteiger partial charge is 0.410 e. The van der Waals surface area contributed by atoms with Gasteiger partial charge in [0.1, 0.15) is 18.3 Å². The zero-order valence-corrected chi connectivity index (χ0v) is 11.6. The summed E-state index contributed by atoms with van der Waals surface area (Å²) in [5.41, 5.74) is -0.424. The maximum absolute atomic E-state index is 12.1. The van der Waals surface area contributed by atoms with E-state index in [1.165, 1.54) is 0 Å². The third-order valence-corrected chi connectivity index (χ3v) is 3.83. The van der Waals surface area contributed by atoms with Gasteiger partial charge in [-0.2, -0.15) is 5.10 Å². The Morgan fingerprint density at radius 1 is 1.21 bits per heavy atom. The van der Waals surface area contributed by atoms with E-state index in [4.69, 9.17) is 4.74 Å². The molecule has 1 aromatic heterocycles. The first kappa shape index (κ1) is 12.4. The van der Waals surface area contributed by atoms with Crippen molar-refractivity contribution in [2.24, 2.45) is 0 Å². The van der Waals surface area contributed by atoms with Crippen molar-refractivity contribution in [3.8, 4) is 0 Å². The average Bonchev–Trinajstić information content (AvgIpc) is 2.79. The van der Waals surface area contributed by atoms with Crippen molar-refractivity contribution in [2.75, 3.05) is 0 Å². The number of fused-ring (bicyclic) bond motifs is 2. The monoisotopic (exact) mass is 264 g/mol. The quantitative estimate of drug-likeness (QED) is 0.778. The summed E-state index contributed by atoms with van der Waals surface area (Å²) in [5, 5.41) is 4.20. The second-order valence-electron chi connectivity index (χ2n) is 6.43. The molecule has 2 aliphatic heterocycles. The van der Waals surface area contributed by atoms with Crippen LogP contribution in [0.25, 0.3) is 0 Å². The van der Waals surface area contributed by atoms with Crippen molar-refractivity contribution < 1.29 is 9.53 Å². The second kappa shape index (κ2) is 4.21. The number of hydrogen-bond acceptors (Lipinski definition) is 4. The lowest BCUT2D eigenvalue weighted by Crippen LogP contribution is -2.63. The normalized spacial score (nSPS) is 29.8. The van der Waals surface area contributed by atoms with E-state index in [0.29, 0.717) is 18.1 Å². The average molecular weight is 264 g/mol. The molecule has 1 amide bonds. The minimum atomic E-state index is -0.424. The van der Waals surface area contributed by atoms with Crippen LogP contribution in [0.5, 0.6) is 0 Å². The van der Waals surface area contributed by atoms with Gasteiger partial charge in [0.15, 0.2) is 0 Å². The number of piperidine rings is 1. The van der Waals surface area contributed by atoms with Gasteiger partial charge in [0.2, 0.25) is 0 Å². The van der Waals surface area contributed by atoms with Crippen LogP contribution in [0.2, 0.25) is 0 Å². The van der Waals surface area contributed by atoms with E-state index in [9.17, 15) is 4.79 Å². The SMILES string of the molecule is CC(C)(C)OC(=O)N1[C@@H]2CC(n3cncn3)C[C@H]1C2. The number of carbonyl (C=O) groups excluding carboxylic acids is 1. The topological polar surface area (TPSA) is 60.2 Å². The standard InChI is InChI=1S/C13H20N4O2/c1-13(2,3)19-12(18)17-10-4-9(5-11(17)6-10)16-8-14-7-15-16/h7-11H,4-6H2,1-3H3/t9?,10-,11+. The summed E-state index contributed by atoms with van der Waals surface area (Å²) in [6.07, 6.45) is 6.12. The Morgan fingerprint density at radius 3 is 2.37 bits per heavy atom. The molecule has 1 aliphatic carbocycles. The third kappa shape index (κ3) is 2.31. The number of ether oxygens (including phenoxy) is 1. The summed E-state index contributed by atoms with van der Waals surface area (Å²) in [6, 6.07) is 0.954. The Bertz CT molecular complexity index is 453. The highest BCUT2D eigenvalue weighted by atomic mass is 16.6. The minimum Gasteiger partial charge on any atom is -0.444 e. The number of aromatic nitrogens is 3. The summed E-state index contributed by atoms with van der Waals surface area (Å²) < 4.78 is 7.36. The van der Waals surface area contributed by atoms with E-state index in [1.54, 1.807) is 12.7 Å². The Morgan fingerprint density at radius 2 is 1.84 bits per heavy atom. The maximum atomic E-state index is 12.1. The molecule has 19 heavy (non-hydrogen) atoms. The van der Waals surface area contributed by atoms with Crippen LogP contribution >= 0.6 is 0 Å². The lowest BCUT2D eigenvalue weighted by Gasteiger charge is -2.54. The summed E-state index contributed by atoms with van der Waals surface area (Å²) in [5.74, 6) is 0. The highest BCUT2D eigenvalue weighted by molar-refractivity contribution is 5.70. The van der Waals surface area contributed by atoms with Gasteiger partial charge >= 0.3 is 6.09 Å². The first-order chi connectivity index (χ1) is 8.94. The zero-order valence-electron chi connectivity index (χ0n) is 11.6. The van der Waals surface area contributed by atoms with Crippen LogP contribution in [-0.2, 0) is 4.74 Å². The summed E-state index contributed by atoms with van der Waals surface area (Å²) in [6.45, 7) is 5.70. The Labute approximate surface area is 112 Å². The van der Waals surface area contributed by atoms with Gasteiger partial charge in [-0.15, -0.1) is 0 Å². The Kier molecular flexibility index (Phi) is 2.76. The molecule has 0 spiro atoms. The molecule has 4 rings (SSSR count). The van der Waals surface area contributed by atoms with Gasteiger partial charge in [-0.1, -0.05) is 0 Å². The van der Waals surface area contributed by atoms with Crippen LogP contribution in [0.1, 0.15) is 46.1 Å². The van der Waals surface area contributed by atoms with Crippen LogP contribution in [0.15, 0.2) is 12.7 Å². The predicted molar refractivity (Wildman–Crippen MR) is 68.6 cm³/mol. The third-order valence-electron chi connectivity index (χ3n) is 3.83. The van der Waals surface area contributed by atoms with Crippen molar-refractivity contribution in [3.05, 3.63) is 12.7 Å². The van der Waals surface area contributed by atoms with E-state index in [0.717, 1.165) is 19.3 Å². The van der Waals surface area contributed by atoms with Crippen molar-refractivity contribution in [2.45, 2.75) is 63.8 Å². The zero-order chi connectivity index (χ0) is 13.6. The molecule has 2 saturated heterocycles. The number of hydrogen-bond donors (Lipinski definition) is 0. The van der Waals surface area contributed by atoms with Gasteiger partial charge in [0.05, 0.1) is 6.04 Å². The molecule has 3 atom stereocenters. The highest BCUT2D eigenvalue weighted by Gasteiger charge is 2.49. The lowest BCUT2D eigenvalue weighted by atomic mass is 9.77. The van der Waals surface area contributed by atoms with Crippen molar-refractivity contribution in [1.82, 2.24) is 19.7 Å². The molecular weight excluding hydrogens is 244 g/mol. The fourth-order valence-corrected chi connectivity index (χ4v) is 3.08. The molecule has 1 unspecified atom stereocenters. The van der Waals surface area contributed by atoms with Crippen LogP contribution in [0, 0.1) is 0 Å². The summed E-state index contributed by atoms with van der Waals surface area (Å²) in [4.78, 5) is 18.0.